The van der Waals surface area contributed by atoms with Crippen LogP contribution in [0.1, 0.15) is 10.4 Å². The van der Waals surface area contributed by atoms with Gasteiger partial charge in [-0.3, -0.25) is 4.98 Å². The SMILES string of the molecule is COC(=O)c1c(F)cncc1-c1ccc(Cl)c(Cl)c1. The Kier molecular flexibility index (Phi) is 4.02. The van der Waals surface area contributed by atoms with Crippen molar-refractivity contribution in [2.24, 2.45) is 0 Å². The molecule has 1 aromatic carbocycles. The lowest BCUT2D eigenvalue weighted by Gasteiger charge is -2.09. The summed E-state index contributed by atoms with van der Waals surface area (Å²) in [4.78, 5) is 15.4. The maximum absolute atomic E-state index is 13.7. The molecule has 6 heteroatoms. The molecule has 0 saturated carbocycles. The van der Waals surface area contributed by atoms with Crippen LogP contribution >= 0.6 is 23.2 Å². The zero-order chi connectivity index (χ0) is 14.0. The molecule has 98 valence electrons. The van der Waals surface area contributed by atoms with Crippen molar-refractivity contribution in [3.05, 3.63) is 52.0 Å². The number of methoxy groups -OCH3 is 1. The summed E-state index contributed by atoms with van der Waals surface area (Å²) in [6.45, 7) is 0. The molecule has 0 atom stereocenters. The Labute approximate surface area is 118 Å². The van der Waals surface area contributed by atoms with Gasteiger partial charge in [0.25, 0.3) is 0 Å². The minimum Gasteiger partial charge on any atom is -0.465 e. The summed E-state index contributed by atoms with van der Waals surface area (Å²) >= 11 is 11.7. The van der Waals surface area contributed by atoms with Crippen molar-refractivity contribution >= 4 is 29.2 Å². The van der Waals surface area contributed by atoms with Crippen LogP contribution in [-0.2, 0) is 4.74 Å². The van der Waals surface area contributed by atoms with Crippen molar-refractivity contribution in [1.29, 1.82) is 0 Å². The number of nitrogens with zero attached hydrogens (tertiary/aromatic N) is 1. The molecule has 1 heterocycles. The Bertz CT molecular complexity index is 647. The molecule has 0 aliphatic heterocycles. The normalized spacial score (nSPS) is 10.3. The number of carbonyl (C=O) groups is 1. The van der Waals surface area contributed by atoms with Crippen LogP contribution < -0.4 is 0 Å². The van der Waals surface area contributed by atoms with Crippen LogP contribution in [0.2, 0.25) is 10.0 Å². The van der Waals surface area contributed by atoms with Crippen LogP contribution in [-0.4, -0.2) is 18.1 Å². The van der Waals surface area contributed by atoms with Crippen LogP contribution in [0.15, 0.2) is 30.6 Å². The van der Waals surface area contributed by atoms with Crippen molar-refractivity contribution in [3.63, 3.8) is 0 Å². The first-order chi connectivity index (χ1) is 9.04. The Balaban J connectivity index is 2.65. The highest BCUT2D eigenvalue weighted by molar-refractivity contribution is 6.42. The smallest absolute Gasteiger partial charge is 0.341 e. The Morgan fingerprint density at radius 1 is 1.26 bits per heavy atom. The summed E-state index contributed by atoms with van der Waals surface area (Å²) in [5.41, 5.74) is 0.642. The highest BCUT2D eigenvalue weighted by atomic mass is 35.5. The van der Waals surface area contributed by atoms with Gasteiger partial charge in [0.2, 0.25) is 0 Å². The number of ether oxygens (including phenoxy) is 1. The molecule has 0 radical (unpaired) electrons. The molecule has 0 aliphatic rings. The van der Waals surface area contributed by atoms with Gasteiger partial charge in [0.05, 0.1) is 23.4 Å². The number of pyridine rings is 1. The fraction of sp³-hybridized carbons (Fsp3) is 0.0769. The third-order valence-corrected chi connectivity index (χ3v) is 3.26. The van der Waals surface area contributed by atoms with Gasteiger partial charge >= 0.3 is 5.97 Å². The molecule has 19 heavy (non-hydrogen) atoms. The Morgan fingerprint density at radius 2 is 2.00 bits per heavy atom. The van der Waals surface area contributed by atoms with E-state index >= 15 is 0 Å². The lowest BCUT2D eigenvalue weighted by molar-refractivity contribution is 0.0596. The molecule has 0 fully saturated rings. The molecule has 3 nitrogen and oxygen atoms in total. The number of rotatable bonds is 2. The number of esters is 1. The standard InChI is InChI=1S/C13H8Cl2FNO2/c1-19-13(18)12-8(5-17-6-11(12)16)7-2-3-9(14)10(15)4-7/h2-6H,1H3. The molecule has 0 aliphatic carbocycles. The molecule has 2 aromatic rings. The van der Waals surface area contributed by atoms with Crippen LogP contribution in [0.5, 0.6) is 0 Å². The molecule has 2 rings (SSSR count). The first kappa shape index (κ1) is 13.8. The van der Waals surface area contributed by atoms with E-state index in [0.29, 0.717) is 21.2 Å². The maximum atomic E-state index is 13.7. The average molecular weight is 300 g/mol. The van der Waals surface area contributed by atoms with Gasteiger partial charge in [0.15, 0.2) is 5.82 Å². The maximum Gasteiger partial charge on any atom is 0.341 e. The zero-order valence-corrected chi connectivity index (χ0v) is 11.3. The summed E-state index contributed by atoms with van der Waals surface area (Å²) in [5.74, 6) is -1.53. The average Bonchev–Trinajstić information content (AvgIpc) is 2.41. The quantitative estimate of drug-likeness (QED) is 0.787. The van der Waals surface area contributed by atoms with Gasteiger partial charge in [-0.25, -0.2) is 9.18 Å². The fourth-order valence-electron chi connectivity index (χ4n) is 1.63. The Morgan fingerprint density at radius 3 is 2.63 bits per heavy atom. The van der Waals surface area contributed by atoms with E-state index in [2.05, 4.69) is 9.72 Å². The predicted molar refractivity (Wildman–Crippen MR) is 71.0 cm³/mol. The summed E-state index contributed by atoms with van der Waals surface area (Å²) < 4.78 is 18.3. The van der Waals surface area contributed by atoms with Crippen molar-refractivity contribution in [1.82, 2.24) is 4.98 Å². The van der Waals surface area contributed by atoms with Gasteiger partial charge in [-0.1, -0.05) is 29.3 Å². The van der Waals surface area contributed by atoms with Crippen molar-refractivity contribution < 1.29 is 13.9 Å². The largest absolute Gasteiger partial charge is 0.465 e. The van der Waals surface area contributed by atoms with Gasteiger partial charge in [-0.05, 0) is 17.7 Å². The van der Waals surface area contributed by atoms with E-state index in [1.807, 2.05) is 0 Å². The number of benzene rings is 1. The predicted octanol–water partition coefficient (Wildman–Crippen LogP) is 3.98. The number of halogens is 3. The molecule has 0 unspecified atom stereocenters. The third-order valence-electron chi connectivity index (χ3n) is 2.52. The van der Waals surface area contributed by atoms with E-state index < -0.39 is 11.8 Å². The van der Waals surface area contributed by atoms with E-state index in [-0.39, 0.29) is 5.56 Å². The van der Waals surface area contributed by atoms with E-state index in [1.165, 1.54) is 19.4 Å². The second kappa shape index (κ2) is 5.55. The van der Waals surface area contributed by atoms with Gasteiger partial charge < -0.3 is 4.74 Å². The van der Waals surface area contributed by atoms with E-state index in [0.717, 1.165) is 6.20 Å². The molecule has 0 N–H and O–H groups in total. The lowest BCUT2D eigenvalue weighted by atomic mass is 10.0. The van der Waals surface area contributed by atoms with E-state index in [4.69, 9.17) is 23.2 Å². The van der Waals surface area contributed by atoms with Crippen molar-refractivity contribution in [2.45, 2.75) is 0 Å². The molecule has 0 saturated heterocycles. The zero-order valence-electron chi connectivity index (χ0n) is 9.78. The van der Waals surface area contributed by atoms with Gasteiger partial charge in [-0.2, -0.15) is 0 Å². The van der Waals surface area contributed by atoms with Crippen LogP contribution in [0.3, 0.4) is 0 Å². The van der Waals surface area contributed by atoms with Gasteiger partial charge in [0, 0.05) is 11.8 Å². The van der Waals surface area contributed by atoms with Crippen LogP contribution in [0.4, 0.5) is 4.39 Å². The van der Waals surface area contributed by atoms with Gasteiger partial charge in [0.1, 0.15) is 5.56 Å². The third kappa shape index (κ3) is 2.69. The highest BCUT2D eigenvalue weighted by Crippen LogP contribution is 2.31. The summed E-state index contributed by atoms with van der Waals surface area (Å²) in [6, 6.07) is 4.72. The van der Waals surface area contributed by atoms with Crippen molar-refractivity contribution in [3.8, 4) is 11.1 Å². The number of hydrogen-bond donors (Lipinski definition) is 0. The fourth-order valence-corrected chi connectivity index (χ4v) is 1.93. The molecule has 0 bridgehead atoms. The number of carbonyl (C=O) groups excluding carboxylic acids is 1. The number of hydrogen-bond acceptors (Lipinski definition) is 3. The highest BCUT2D eigenvalue weighted by Gasteiger charge is 2.19. The molecular formula is C13H8Cl2FNO2. The van der Waals surface area contributed by atoms with Gasteiger partial charge in [-0.15, -0.1) is 0 Å². The summed E-state index contributed by atoms with van der Waals surface area (Å²) in [5, 5.41) is 0.675. The summed E-state index contributed by atoms with van der Waals surface area (Å²) in [7, 11) is 1.18. The minimum atomic E-state index is -0.777. The summed E-state index contributed by atoms with van der Waals surface area (Å²) in [6.07, 6.45) is 2.32. The Hall–Kier alpha value is -1.65. The lowest BCUT2D eigenvalue weighted by Crippen LogP contribution is -2.07. The van der Waals surface area contributed by atoms with E-state index in [9.17, 15) is 9.18 Å². The second-order valence-corrected chi connectivity index (χ2v) is 4.48. The molecule has 0 spiro atoms. The van der Waals surface area contributed by atoms with Crippen molar-refractivity contribution in [2.75, 3.05) is 7.11 Å². The van der Waals surface area contributed by atoms with E-state index in [1.54, 1.807) is 12.1 Å². The monoisotopic (exact) mass is 299 g/mol. The van der Waals surface area contributed by atoms with Crippen LogP contribution in [0, 0.1) is 5.82 Å². The molecule has 1 aromatic heterocycles. The first-order valence-electron chi connectivity index (χ1n) is 5.22. The topological polar surface area (TPSA) is 39.2 Å². The number of aromatic nitrogens is 1. The second-order valence-electron chi connectivity index (χ2n) is 3.66. The van der Waals surface area contributed by atoms with Crippen LogP contribution in [0.25, 0.3) is 11.1 Å². The minimum absolute atomic E-state index is 0.184. The first-order valence-corrected chi connectivity index (χ1v) is 5.97. The molecular weight excluding hydrogens is 292 g/mol. The molecule has 0 amide bonds.